The van der Waals surface area contributed by atoms with Crippen molar-refractivity contribution in [2.75, 3.05) is 26.2 Å². The maximum Gasteiger partial charge on any atom is 0.274 e. The molecule has 2 aliphatic rings. The van der Waals surface area contributed by atoms with Crippen molar-refractivity contribution in [2.45, 2.75) is 25.6 Å². The molecule has 6 heteroatoms. The number of carbonyl (C=O) groups excluding carboxylic acids is 1. The highest BCUT2D eigenvalue weighted by atomic mass is 16.5. The summed E-state index contributed by atoms with van der Waals surface area (Å²) in [5.74, 6) is -0.0647. The van der Waals surface area contributed by atoms with Crippen LogP contribution in [0.25, 0.3) is 0 Å². The van der Waals surface area contributed by atoms with Crippen LogP contribution in [0.5, 0.6) is 0 Å². The minimum absolute atomic E-state index is 0.0647. The topological polar surface area (TPSA) is 58.6 Å². The average molecular weight is 338 g/mol. The third-order valence-electron chi connectivity index (χ3n) is 4.93. The molecule has 1 aromatic heterocycles. The highest BCUT2D eigenvalue weighted by Crippen LogP contribution is 2.25. The van der Waals surface area contributed by atoms with Crippen molar-refractivity contribution in [1.82, 2.24) is 19.8 Å². The molecular formula is C19H22N4O2. The van der Waals surface area contributed by atoms with Crippen molar-refractivity contribution in [1.29, 1.82) is 0 Å². The zero-order chi connectivity index (χ0) is 17.2. The van der Waals surface area contributed by atoms with E-state index in [0.29, 0.717) is 25.4 Å². The van der Waals surface area contributed by atoms with Crippen molar-refractivity contribution in [3.8, 4) is 0 Å². The van der Waals surface area contributed by atoms with Crippen LogP contribution < -0.4 is 0 Å². The van der Waals surface area contributed by atoms with Crippen molar-refractivity contribution in [3.05, 3.63) is 59.7 Å². The van der Waals surface area contributed by atoms with E-state index in [4.69, 9.17) is 4.74 Å². The van der Waals surface area contributed by atoms with Crippen LogP contribution >= 0.6 is 0 Å². The molecule has 25 heavy (non-hydrogen) atoms. The number of nitrogens with zero attached hydrogens (tertiary/aromatic N) is 4. The SMILES string of the molecule is Cc1cnc(C(=O)N2C[C@@H]3[C@@H](C2)OCCN3Cc2ccccc2)cn1. The fourth-order valence-electron chi connectivity index (χ4n) is 3.60. The molecule has 4 rings (SSSR count). The molecule has 6 nitrogen and oxygen atoms in total. The predicted molar refractivity (Wildman–Crippen MR) is 93.1 cm³/mol. The van der Waals surface area contributed by atoms with Gasteiger partial charge in [0.1, 0.15) is 5.69 Å². The van der Waals surface area contributed by atoms with Gasteiger partial charge < -0.3 is 9.64 Å². The molecule has 2 aromatic rings. The second kappa shape index (κ2) is 6.90. The highest BCUT2D eigenvalue weighted by Gasteiger charge is 2.42. The lowest BCUT2D eigenvalue weighted by atomic mass is 10.1. The lowest BCUT2D eigenvalue weighted by molar-refractivity contribution is -0.0503. The number of likely N-dealkylation sites (tertiary alicyclic amines) is 1. The number of aromatic nitrogens is 2. The summed E-state index contributed by atoms with van der Waals surface area (Å²) < 4.78 is 5.93. The minimum atomic E-state index is -0.0647. The zero-order valence-corrected chi connectivity index (χ0v) is 14.3. The summed E-state index contributed by atoms with van der Waals surface area (Å²) in [5.41, 5.74) is 2.50. The fraction of sp³-hybridized carbons (Fsp3) is 0.421. The summed E-state index contributed by atoms with van der Waals surface area (Å²) in [4.78, 5) is 25.4. The third kappa shape index (κ3) is 3.41. The van der Waals surface area contributed by atoms with Crippen molar-refractivity contribution >= 4 is 5.91 Å². The molecule has 0 bridgehead atoms. The van der Waals surface area contributed by atoms with E-state index in [9.17, 15) is 4.79 Å². The summed E-state index contributed by atoms with van der Waals surface area (Å²) in [6.45, 7) is 5.64. The van der Waals surface area contributed by atoms with Crippen molar-refractivity contribution in [2.24, 2.45) is 0 Å². The number of benzene rings is 1. The first-order valence-corrected chi connectivity index (χ1v) is 8.68. The predicted octanol–water partition coefficient (Wildman–Crippen LogP) is 1.51. The number of rotatable bonds is 3. The molecule has 3 heterocycles. The first kappa shape index (κ1) is 16.2. The van der Waals surface area contributed by atoms with Gasteiger partial charge >= 0.3 is 0 Å². The van der Waals surface area contributed by atoms with Gasteiger partial charge in [-0.25, -0.2) is 4.98 Å². The van der Waals surface area contributed by atoms with Gasteiger partial charge in [0, 0.05) is 32.4 Å². The second-order valence-corrected chi connectivity index (χ2v) is 6.69. The van der Waals surface area contributed by atoms with Gasteiger partial charge in [0.05, 0.1) is 30.6 Å². The van der Waals surface area contributed by atoms with Gasteiger partial charge in [-0.05, 0) is 12.5 Å². The molecule has 0 unspecified atom stereocenters. The molecule has 0 spiro atoms. The van der Waals surface area contributed by atoms with Crippen LogP contribution in [-0.4, -0.2) is 64.1 Å². The van der Waals surface area contributed by atoms with Gasteiger partial charge in [-0.3, -0.25) is 14.7 Å². The highest BCUT2D eigenvalue weighted by molar-refractivity contribution is 5.92. The van der Waals surface area contributed by atoms with Gasteiger partial charge in [-0.2, -0.15) is 0 Å². The van der Waals surface area contributed by atoms with Crippen LogP contribution in [0.15, 0.2) is 42.7 Å². The summed E-state index contributed by atoms with van der Waals surface area (Å²) in [6.07, 6.45) is 3.26. The summed E-state index contributed by atoms with van der Waals surface area (Å²) in [5, 5.41) is 0. The Morgan fingerprint density at radius 3 is 2.80 bits per heavy atom. The van der Waals surface area contributed by atoms with E-state index in [1.165, 1.54) is 5.56 Å². The Morgan fingerprint density at radius 2 is 2.04 bits per heavy atom. The number of fused-ring (bicyclic) bond motifs is 1. The van der Waals surface area contributed by atoms with Gasteiger partial charge in [-0.1, -0.05) is 30.3 Å². The molecule has 0 radical (unpaired) electrons. The van der Waals surface area contributed by atoms with Gasteiger partial charge in [-0.15, -0.1) is 0 Å². The summed E-state index contributed by atoms with van der Waals surface area (Å²) in [6, 6.07) is 10.7. The van der Waals surface area contributed by atoms with E-state index >= 15 is 0 Å². The molecule has 1 amide bonds. The van der Waals surface area contributed by atoms with E-state index in [2.05, 4.69) is 39.1 Å². The number of hydrogen-bond acceptors (Lipinski definition) is 5. The summed E-state index contributed by atoms with van der Waals surface area (Å²) in [7, 11) is 0. The number of aryl methyl sites for hydroxylation is 1. The third-order valence-corrected chi connectivity index (χ3v) is 4.93. The Balaban J connectivity index is 1.47. The van der Waals surface area contributed by atoms with Crippen molar-refractivity contribution < 1.29 is 9.53 Å². The van der Waals surface area contributed by atoms with Crippen LogP contribution in [0.4, 0.5) is 0 Å². The number of hydrogen-bond donors (Lipinski definition) is 0. The molecule has 2 atom stereocenters. The van der Waals surface area contributed by atoms with Crippen LogP contribution in [0.3, 0.4) is 0 Å². The molecular weight excluding hydrogens is 316 g/mol. The lowest BCUT2D eigenvalue weighted by Gasteiger charge is -2.36. The Morgan fingerprint density at radius 1 is 1.20 bits per heavy atom. The van der Waals surface area contributed by atoms with Gasteiger partial charge in [0.2, 0.25) is 0 Å². The van der Waals surface area contributed by atoms with Gasteiger partial charge in [0.25, 0.3) is 5.91 Å². The first-order valence-electron chi connectivity index (χ1n) is 8.68. The quantitative estimate of drug-likeness (QED) is 0.849. The lowest BCUT2D eigenvalue weighted by Crippen LogP contribution is -2.50. The van der Waals surface area contributed by atoms with Gasteiger partial charge in [0.15, 0.2) is 0 Å². The molecule has 0 aliphatic carbocycles. The Kier molecular flexibility index (Phi) is 4.46. The van der Waals surface area contributed by atoms with Crippen LogP contribution in [0.2, 0.25) is 0 Å². The molecule has 0 saturated carbocycles. The molecule has 2 saturated heterocycles. The number of morpholine rings is 1. The number of carbonyl (C=O) groups is 1. The molecule has 2 aliphatic heterocycles. The molecule has 0 N–H and O–H groups in total. The molecule has 2 fully saturated rings. The fourth-order valence-corrected chi connectivity index (χ4v) is 3.60. The first-order chi connectivity index (χ1) is 12.2. The maximum absolute atomic E-state index is 12.7. The Labute approximate surface area is 147 Å². The van der Waals surface area contributed by atoms with Crippen molar-refractivity contribution in [3.63, 3.8) is 0 Å². The smallest absolute Gasteiger partial charge is 0.274 e. The van der Waals surface area contributed by atoms with E-state index in [1.807, 2.05) is 17.9 Å². The minimum Gasteiger partial charge on any atom is -0.373 e. The Hall–Kier alpha value is -2.31. The normalized spacial score (nSPS) is 23.5. The molecule has 130 valence electrons. The van der Waals surface area contributed by atoms with Crippen LogP contribution in [0, 0.1) is 6.92 Å². The standard InChI is InChI=1S/C19H22N4O2/c1-14-9-21-16(10-20-14)19(24)23-12-17-18(13-23)25-8-7-22(17)11-15-5-3-2-4-6-15/h2-6,9-10,17-18H,7-8,11-13H2,1H3/t17-,18-/m1/s1. The second-order valence-electron chi connectivity index (χ2n) is 6.69. The number of amides is 1. The largest absolute Gasteiger partial charge is 0.373 e. The van der Waals surface area contributed by atoms with E-state index in [-0.39, 0.29) is 18.1 Å². The van der Waals surface area contributed by atoms with E-state index < -0.39 is 0 Å². The van der Waals surface area contributed by atoms with E-state index in [1.54, 1.807) is 12.4 Å². The Bertz CT molecular complexity index is 735. The maximum atomic E-state index is 12.7. The average Bonchev–Trinajstić information content (AvgIpc) is 3.08. The zero-order valence-electron chi connectivity index (χ0n) is 14.3. The van der Waals surface area contributed by atoms with E-state index in [0.717, 1.165) is 18.8 Å². The molecule has 1 aromatic carbocycles. The monoisotopic (exact) mass is 338 g/mol. The van der Waals surface area contributed by atoms with Crippen LogP contribution in [-0.2, 0) is 11.3 Å². The number of ether oxygens (including phenoxy) is 1. The summed E-state index contributed by atoms with van der Waals surface area (Å²) >= 11 is 0. The van der Waals surface area contributed by atoms with Crippen LogP contribution in [0.1, 0.15) is 21.7 Å².